The lowest BCUT2D eigenvalue weighted by molar-refractivity contribution is 0.218. The highest BCUT2D eigenvalue weighted by Crippen LogP contribution is 2.38. The molecule has 1 unspecified atom stereocenters. The molecule has 118 valence electrons. The average Bonchev–Trinajstić information content (AvgIpc) is 2.51. The smallest absolute Gasteiger partial charge is 0.137 e. The van der Waals surface area contributed by atoms with Gasteiger partial charge in [0.1, 0.15) is 5.82 Å². The summed E-state index contributed by atoms with van der Waals surface area (Å²) in [6.07, 6.45) is 7.69. The van der Waals surface area contributed by atoms with E-state index in [-0.39, 0.29) is 5.82 Å². The van der Waals surface area contributed by atoms with Gasteiger partial charge >= 0.3 is 0 Å². The summed E-state index contributed by atoms with van der Waals surface area (Å²) in [6.45, 7) is 5.51. The summed E-state index contributed by atoms with van der Waals surface area (Å²) in [7, 11) is 0. The zero-order valence-electron chi connectivity index (χ0n) is 13.2. The summed E-state index contributed by atoms with van der Waals surface area (Å²) in [5.41, 5.74) is 1.22. The molecule has 0 spiro atoms. The van der Waals surface area contributed by atoms with Crippen molar-refractivity contribution >= 4 is 15.9 Å². The maximum Gasteiger partial charge on any atom is 0.137 e. The van der Waals surface area contributed by atoms with E-state index in [9.17, 15) is 4.39 Å². The van der Waals surface area contributed by atoms with Crippen molar-refractivity contribution in [1.82, 2.24) is 5.32 Å². The monoisotopic (exact) mass is 355 g/mol. The Labute approximate surface area is 136 Å². The van der Waals surface area contributed by atoms with Crippen LogP contribution in [0.3, 0.4) is 0 Å². The number of hydrogen-bond acceptors (Lipinski definition) is 1. The van der Waals surface area contributed by atoms with Crippen LogP contribution in [0.25, 0.3) is 0 Å². The number of halogens is 2. The van der Waals surface area contributed by atoms with Gasteiger partial charge in [-0.2, -0.15) is 0 Å². The third-order valence-corrected chi connectivity index (χ3v) is 5.46. The molecule has 0 saturated heterocycles. The first kappa shape index (κ1) is 17.0. The van der Waals surface area contributed by atoms with Crippen LogP contribution in [-0.4, -0.2) is 6.54 Å². The van der Waals surface area contributed by atoms with Crippen LogP contribution >= 0.6 is 15.9 Å². The lowest BCUT2D eigenvalue weighted by Gasteiger charge is -2.34. The normalized spacial score (nSPS) is 24.0. The number of rotatable bonds is 6. The van der Waals surface area contributed by atoms with Crippen LogP contribution in [0.4, 0.5) is 4.39 Å². The van der Waals surface area contributed by atoms with Crippen molar-refractivity contribution in [2.45, 2.75) is 58.4 Å². The first-order valence-electron chi connectivity index (χ1n) is 8.34. The summed E-state index contributed by atoms with van der Waals surface area (Å²) in [6, 6.07) is 5.84. The number of benzene rings is 1. The summed E-state index contributed by atoms with van der Waals surface area (Å²) in [5.74, 6) is 1.41. The Hall–Kier alpha value is -0.410. The maximum absolute atomic E-state index is 13.5. The standard InChI is InChI=1S/C18H27BrFN/c1-3-11-21-18(14-7-5-13(4-2)6-8-14)15-9-10-17(20)16(19)12-15/h9-10,12-14,18,21H,3-8,11H2,1-2H3. The highest BCUT2D eigenvalue weighted by molar-refractivity contribution is 9.10. The van der Waals surface area contributed by atoms with Crippen molar-refractivity contribution in [1.29, 1.82) is 0 Å². The number of nitrogens with one attached hydrogen (secondary N) is 1. The zero-order valence-corrected chi connectivity index (χ0v) is 14.8. The van der Waals surface area contributed by atoms with E-state index in [1.807, 2.05) is 12.1 Å². The van der Waals surface area contributed by atoms with E-state index in [0.717, 1.165) is 18.9 Å². The molecule has 2 rings (SSSR count). The van der Waals surface area contributed by atoms with E-state index in [1.165, 1.54) is 37.7 Å². The lowest BCUT2D eigenvalue weighted by Crippen LogP contribution is -2.31. The van der Waals surface area contributed by atoms with E-state index in [1.54, 1.807) is 6.07 Å². The van der Waals surface area contributed by atoms with Crippen LogP contribution in [0.5, 0.6) is 0 Å². The molecular weight excluding hydrogens is 329 g/mol. The fraction of sp³-hybridized carbons (Fsp3) is 0.667. The van der Waals surface area contributed by atoms with Crippen LogP contribution in [0.15, 0.2) is 22.7 Å². The van der Waals surface area contributed by atoms with Crippen molar-refractivity contribution in [3.63, 3.8) is 0 Å². The highest BCUT2D eigenvalue weighted by Gasteiger charge is 2.28. The first-order valence-corrected chi connectivity index (χ1v) is 9.13. The lowest BCUT2D eigenvalue weighted by atomic mass is 9.76. The molecule has 0 aromatic heterocycles. The molecule has 0 heterocycles. The fourth-order valence-corrected chi connectivity index (χ4v) is 3.89. The van der Waals surface area contributed by atoms with Crippen molar-refractivity contribution in [3.05, 3.63) is 34.1 Å². The quantitative estimate of drug-likeness (QED) is 0.675. The molecule has 1 nitrogen and oxygen atoms in total. The van der Waals surface area contributed by atoms with Crippen LogP contribution in [0, 0.1) is 17.7 Å². The third-order valence-electron chi connectivity index (χ3n) is 4.86. The minimum atomic E-state index is -0.178. The van der Waals surface area contributed by atoms with Crippen molar-refractivity contribution < 1.29 is 4.39 Å². The fourth-order valence-electron chi connectivity index (χ4n) is 3.49. The Balaban J connectivity index is 2.12. The van der Waals surface area contributed by atoms with E-state index in [4.69, 9.17) is 0 Å². The Morgan fingerprint density at radius 1 is 1.24 bits per heavy atom. The highest BCUT2D eigenvalue weighted by atomic mass is 79.9. The minimum Gasteiger partial charge on any atom is -0.310 e. The molecule has 3 heteroatoms. The zero-order chi connectivity index (χ0) is 15.2. The molecule has 1 atom stereocenters. The van der Waals surface area contributed by atoms with Gasteiger partial charge in [-0.3, -0.25) is 0 Å². The second-order valence-electron chi connectivity index (χ2n) is 6.29. The molecule has 1 fully saturated rings. The molecule has 1 aliphatic carbocycles. The van der Waals surface area contributed by atoms with E-state index >= 15 is 0 Å². The van der Waals surface area contributed by atoms with Gasteiger partial charge in [-0.25, -0.2) is 4.39 Å². The van der Waals surface area contributed by atoms with Gasteiger partial charge in [-0.05, 0) is 71.3 Å². The van der Waals surface area contributed by atoms with Crippen LogP contribution < -0.4 is 5.32 Å². The van der Waals surface area contributed by atoms with Gasteiger partial charge in [-0.1, -0.05) is 39.2 Å². The average molecular weight is 356 g/mol. The Bertz CT molecular complexity index is 441. The van der Waals surface area contributed by atoms with Gasteiger partial charge in [0, 0.05) is 6.04 Å². The molecule has 1 aliphatic rings. The van der Waals surface area contributed by atoms with Crippen LogP contribution in [0.1, 0.15) is 64.0 Å². The second-order valence-corrected chi connectivity index (χ2v) is 7.15. The van der Waals surface area contributed by atoms with Gasteiger partial charge in [0.15, 0.2) is 0 Å². The molecule has 0 aliphatic heterocycles. The summed E-state index contributed by atoms with van der Waals surface area (Å²) >= 11 is 3.32. The SMILES string of the molecule is CCCNC(c1ccc(F)c(Br)c1)C1CCC(CC)CC1. The molecule has 0 bridgehead atoms. The molecule has 1 N–H and O–H groups in total. The van der Waals surface area contributed by atoms with Crippen molar-refractivity contribution in [2.24, 2.45) is 11.8 Å². The van der Waals surface area contributed by atoms with E-state index < -0.39 is 0 Å². The molecule has 0 radical (unpaired) electrons. The summed E-state index contributed by atoms with van der Waals surface area (Å²) < 4.78 is 14.1. The Morgan fingerprint density at radius 2 is 1.95 bits per heavy atom. The Morgan fingerprint density at radius 3 is 2.52 bits per heavy atom. The minimum absolute atomic E-state index is 0.178. The van der Waals surface area contributed by atoms with Gasteiger partial charge < -0.3 is 5.32 Å². The summed E-state index contributed by atoms with van der Waals surface area (Å²) in [5, 5.41) is 3.69. The summed E-state index contributed by atoms with van der Waals surface area (Å²) in [4.78, 5) is 0. The van der Waals surface area contributed by atoms with Gasteiger partial charge in [0.25, 0.3) is 0 Å². The second kappa shape index (κ2) is 8.28. The topological polar surface area (TPSA) is 12.0 Å². The predicted octanol–water partition coefficient (Wildman–Crippen LogP) is 5.85. The molecule has 21 heavy (non-hydrogen) atoms. The predicted molar refractivity (Wildman–Crippen MR) is 90.9 cm³/mol. The first-order chi connectivity index (χ1) is 10.2. The van der Waals surface area contributed by atoms with Crippen LogP contribution in [0.2, 0.25) is 0 Å². The maximum atomic E-state index is 13.5. The van der Waals surface area contributed by atoms with Gasteiger partial charge in [-0.15, -0.1) is 0 Å². The van der Waals surface area contributed by atoms with Crippen LogP contribution in [-0.2, 0) is 0 Å². The molecule has 1 aromatic carbocycles. The van der Waals surface area contributed by atoms with Crippen molar-refractivity contribution in [2.75, 3.05) is 6.54 Å². The number of hydrogen-bond donors (Lipinski definition) is 1. The van der Waals surface area contributed by atoms with E-state index in [2.05, 4.69) is 35.1 Å². The molecule has 1 aromatic rings. The molecular formula is C18H27BrFN. The molecule has 1 saturated carbocycles. The van der Waals surface area contributed by atoms with Crippen molar-refractivity contribution in [3.8, 4) is 0 Å². The molecule has 0 amide bonds. The van der Waals surface area contributed by atoms with E-state index in [0.29, 0.717) is 16.4 Å². The Kier molecular flexibility index (Phi) is 6.69. The largest absolute Gasteiger partial charge is 0.310 e. The van der Waals surface area contributed by atoms with Gasteiger partial charge in [0.2, 0.25) is 0 Å². The third kappa shape index (κ3) is 4.53. The van der Waals surface area contributed by atoms with Gasteiger partial charge in [0.05, 0.1) is 4.47 Å².